The molecule has 1 atom stereocenters. The highest BCUT2D eigenvalue weighted by Gasteiger charge is 2.24. The maximum atomic E-state index is 12.9. The van der Waals surface area contributed by atoms with Crippen LogP contribution in [-0.4, -0.2) is 27.9 Å². The van der Waals surface area contributed by atoms with E-state index in [1.807, 2.05) is 74.5 Å². The zero-order valence-electron chi connectivity index (χ0n) is 20.9. The van der Waals surface area contributed by atoms with Gasteiger partial charge in [-0.2, -0.15) is 0 Å². The molecular weight excluding hydrogens is 484 g/mol. The number of aliphatic carboxylic acids is 1. The van der Waals surface area contributed by atoms with Crippen molar-refractivity contribution in [2.24, 2.45) is 0 Å². The summed E-state index contributed by atoms with van der Waals surface area (Å²) in [6.45, 7) is 3.85. The third-order valence-electron chi connectivity index (χ3n) is 6.23. The number of nitrogens with one attached hydrogen (secondary N) is 1. The first-order chi connectivity index (χ1) is 18.2. The lowest BCUT2D eigenvalue weighted by atomic mass is 10.0. The van der Waals surface area contributed by atoms with E-state index < -0.39 is 28.5 Å². The fourth-order valence-corrected chi connectivity index (χ4v) is 3.93. The van der Waals surface area contributed by atoms with Crippen LogP contribution in [0.2, 0.25) is 0 Å². The van der Waals surface area contributed by atoms with E-state index in [1.165, 1.54) is 12.1 Å². The molecule has 38 heavy (non-hydrogen) atoms. The molecule has 0 unspecified atom stereocenters. The molecule has 1 amide bonds. The van der Waals surface area contributed by atoms with Crippen LogP contribution in [0.5, 0.6) is 11.5 Å². The Bertz CT molecular complexity index is 1480. The third-order valence-corrected chi connectivity index (χ3v) is 6.23. The Morgan fingerprint density at radius 3 is 2.21 bits per heavy atom. The van der Waals surface area contributed by atoms with Gasteiger partial charge in [0.15, 0.2) is 0 Å². The summed E-state index contributed by atoms with van der Waals surface area (Å²) >= 11 is 0. The zero-order valence-corrected chi connectivity index (χ0v) is 20.9. The van der Waals surface area contributed by atoms with E-state index in [0.717, 1.165) is 33.9 Å². The molecule has 0 aliphatic heterocycles. The first-order valence-electron chi connectivity index (χ1n) is 11.9. The van der Waals surface area contributed by atoms with Gasteiger partial charge in [0.1, 0.15) is 11.8 Å². The normalized spacial score (nSPS) is 11.4. The third kappa shape index (κ3) is 6.22. The van der Waals surface area contributed by atoms with Crippen LogP contribution in [-0.2, 0) is 11.2 Å². The van der Waals surface area contributed by atoms with Crippen molar-refractivity contribution < 1.29 is 24.4 Å². The van der Waals surface area contributed by atoms with Crippen molar-refractivity contribution in [1.29, 1.82) is 0 Å². The Balaban J connectivity index is 1.49. The van der Waals surface area contributed by atoms with E-state index in [-0.39, 0.29) is 17.7 Å². The van der Waals surface area contributed by atoms with Crippen molar-refractivity contribution >= 4 is 17.6 Å². The van der Waals surface area contributed by atoms with E-state index in [2.05, 4.69) is 5.32 Å². The minimum absolute atomic E-state index is 0.0249. The van der Waals surface area contributed by atoms with Crippen LogP contribution in [0.4, 0.5) is 5.69 Å². The number of carboxylic acid groups (broad SMARTS) is 1. The van der Waals surface area contributed by atoms with Crippen LogP contribution in [0.15, 0.2) is 91.0 Å². The largest absolute Gasteiger partial charge is 0.480 e. The SMILES string of the molecule is Cc1ccc(Oc2ccc(C(=O)N[C@@H](Cc3ccc(-c4ccccc4)cc3)C(=O)O)cc2[N+](=O)[O-])cc1C. The van der Waals surface area contributed by atoms with Crippen molar-refractivity contribution in [3.8, 4) is 22.6 Å². The number of carbonyl (C=O) groups excluding carboxylic acids is 1. The standard InChI is InChI=1S/C30H26N2O6/c1-19-8-14-25(16-20(19)2)38-28-15-13-24(18-27(28)32(36)37)29(33)31-26(30(34)35)17-21-9-11-23(12-10-21)22-6-4-3-5-7-22/h3-16,18,26H,17H2,1-2H3,(H,31,33)(H,34,35)/t26-/m0/s1. The van der Waals surface area contributed by atoms with Gasteiger partial charge in [-0.05, 0) is 65.9 Å². The molecule has 0 fully saturated rings. The maximum Gasteiger partial charge on any atom is 0.326 e. The second-order valence-electron chi connectivity index (χ2n) is 8.92. The average Bonchev–Trinajstić information content (AvgIpc) is 2.91. The van der Waals surface area contributed by atoms with Crippen molar-refractivity contribution in [2.75, 3.05) is 0 Å². The van der Waals surface area contributed by atoms with Gasteiger partial charge in [0.25, 0.3) is 5.91 Å². The van der Waals surface area contributed by atoms with E-state index in [1.54, 1.807) is 12.1 Å². The molecule has 2 N–H and O–H groups in total. The Morgan fingerprint density at radius 2 is 1.58 bits per heavy atom. The number of hydrogen-bond acceptors (Lipinski definition) is 5. The second kappa shape index (κ2) is 11.4. The molecule has 0 heterocycles. The molecule has 8 nitrogen and oxygen atoms in total. The molecule has 0 aliphatic rings. The van der Waals surface area contributed by atoms with Gasteiger partial charge in [-0.15, -0.1) is 0 Å². The lowest BCUT2D eigenvalue weighted by Crippen LogP contribution is -2.42. The van der Waals surface area contributed by atoms with Crippen LogP contribution < -0.4 is 10.1 Å². The topological polar surface area (TPSA) is 119 Å². The van der Waals surface area contributed by atoms with Gasteiger partial charge in [0.2, 0.25) is 5.75 Å². The monoisotopic (exact) mass is 510 g/mol. The number of carboxylic acids is 1. The number of carbonyl (C=O) groups is 2. The molecule has 4 aromatic carbocycles. The number of nitro benzene ring substituents is 1. The summed E-state index contributed by atoms with van der Waals surface area (Å²) in [6, 6.07) is 25.0. The number of aryl methyl sites for hydroxylation is 2. The highest BCUT2D eigenvalue weighted by Crippen LogP contribution is 2.33. The summed E-state index contributed by atoms with van der Waals surface area (Å²) in [7, 11) is 0. The van der Waals surface area contributed by atoms with Gasteiger partial charge in [0, 0.05) is 18.1 Å². The number of amides is 1. The number of benzene rings is 4. The number of nitrogens with zero attached hydrogens (tertiary/aromatic N) is 1. The van der Waals surface area contributed by atoms with Crippen molar-refractivity contribution in [1.82, 2.24) is 5.32 Å². The number of nitro groups is 1. The van der Waals surface area contributed by atoms with E-state index in [0.29, 0.717) is 5.75 Å². The first-order valence-corrected chi connectivity index (χ1v) is 11.9. The van der Waals surface area contributed by atoms with E-state index in [9.17, 15) is 24.8 Å². The van der Waals surface area contributed by atoms with Crippen LogP contribution in [0.1, 0.15) is 27.0 Å². The van der Waals surface area contributed by atoms with Crippen molar-refractivity contribution in [3.63, 3.8) is 0 Å². The van der Waals surface area contributed by atoms with E-state index in [4.69, 9.17) is 4.74 Å². The fourth-order valence-electron chi connectivity index (χ4n) is 3.93. The molecular formula is C30H26N2O6. The van der Waals surface area contributed by atoms with Crippen LogP contribution >= 0.6 is 0 Å². The molecule has 8 heteroatoms. The molecule has 0 aromatic heterocycles. The van der Waals surface area contributed by atoms with Gasteiger partial charge < -0.3 is 15.2 Å². The van der Waals surface area contributed by atoms with Gasteiger partial charge in [-0.3, -0.25) is 14.9 Å². The summed E-state index contributed by atoms with van der Waals surface area (Å²) < 4.78 is 5.71. The highest BCUT2D eigenvalue weighted by atomic mass is 16.6. The first kappa shape index (κ1) is 26.1. The molecule has 0 spiro atoms. The highest BCUT2D eigenvalue weighted by molar-refractivity contribution is 5.97. The summed E-state index contributed by atoms with van der Waals surface area (Å²) in [5, 5.41) is 23.9. The maximum absolute atomic E-state index is 12.9. The number of ether oxygens (including phenoxy) is 1. The molecule has 192 valence electrons. The average molecular weight is 511 g/mol. The lowest BCUT2D eigenvalue weighted by Gasteiger charge is -2.15. The molecule has 0 bridgehead atoms. The smallest absolute Gasteiger partial charge is 0.326 e. The Morgan fingerprint density at radius 1 is 0.895 bits per heavy atom. The lowest BCUT2D eigenvalue weighted by molar-refractivity contribution is -0.385. The van der Waals surface area contributed by atoms with E-state index >= 15 is 0 Å². The molecule has 0 aliphatic carbocycles. The van der Waals surface area contributed by atoms with Gasteiger partial charge in [-0.1, -0.05) is 60.7 Å². The minimum atomic E-state index is -1.23. The van der Waals surface area contributed by atoms with Crippen molar-refractivity contribution in [2.45, 2.75) is 26.3 Å². The van der Waals surface area contributed by atoms with Gasteiger partial charge in [-0.25, -0.2) is 4.79 Å². The molecule has 4 rings (SSSR count). The zero-order chi connectivity index (χ0) is 27.2. The number of hydrogen-bond donors (Lipinski definition) is 2. The molecule has 0 radical (unpaired) electrons. The van der Waals surface area contributed by atoms with Crippen LogP contribution in [0.3, 0.4) is 0 Å². The van der Waals surface area contributed by atoms with Gasteiger partial charge in [0.05, 0.1) is 4.92 Å². The van der Waals surface area contributed by atoms with Crippen LogP contribution in [0.25, 0.3) is 11.1 Å². The predicted octanol–water partition coefficient (Wildman–Crippen LogP) is 6.10. The molecule has 0 saturated carbocycles. The second-order valence-corrected chi connectivity index (χ2v) is 8.92. The van der Waals surface area contributed by atoms with Crippen molar-refractivity contribution in [3.05, 3.63) is 123 Å². The summed E-state index contributed by atoms with van der Waals surface area (Å²) in [5.74, 6) is -1.55. The van der Waals surface area contributed by atoms with Gasteiger partial charge >= 0.3 is 11.7 Å². The Labute approximate surface area is 219 Å². The summed E-state index contributed by atoms with van der Waals surface area (Å²) in [4.78, 5) is 35.8. The quantitative estimate of drug-likeness (QED) is 0.208. The number of rotatable bonds is 9. The predicted molar refractivity (Wildman–Crippen MR) is 144 cm³/mol. The Kier molecular flexibility index (Phi) is 7.82. The molecule has 4 aromatic rings. The molecule has 0 saturated heterocycles. The fraction of sp³-hybridized carbons (Fsp3) is 0.133. The minimum Gasteiger partial charge on any atom is -0.480 e. The summed E-state index contributed by atoms with van der Waals surface area (Å²) in [5.41, 5.74) is 4.32. The van der Waals surface area contributed by atoms with Crippen LogP contribution in [0, 0.1) is 24.0 Å². The Hall–Kier alpha value is -4.98. The summed E-state index contributed by atoms with van der Waals surface area (Å²) in [6.07, 6.45) is 0.0478.